The van der Waals surface area contributed by atoms with Crippen LogP contribution in [0.4, 0.5) is 13.2 Å². The van der Waals surface area contributed by atoms with E-state index in [1.54, 1.807) is 0 Å². The fourth-order valence-corrected chi connectivity index (χ4v) is 2.76. The van der Waals surface area contributed by atoms with E-state index in [4.69, 9.17) is 0 Å². The molecular formula is C15H20F3N5O. The van der Waals surface area contributed by atoms with Crippen LogP contribution in [0.1, 0.15) is 35.1 Å². The van der Waals surface area contributed by atoms with Gasteiger partial charge in [-0.05, 0) is 18.9 Å². The molecule has 2 aliphatic rings. The molecule has 1 aliphatic carbocycles. The summed E-state index contributed by atoms with van der Waals surface area (Å²) in [7, 11) is 0. The lowest BCUT2D eigenvalue weighted by Gasteiger charge is -2.35. The Morgan fingerprint density at radius 1 is 1.38 bits per heavy atom. The summed E-state index contributed by atoms with van der Waals surface area (Å²) in [6, 6.07) is -0.262. The Morgan fingerprint density at radius 2 is 2.08 bits per heavy atom. The minimum Gasteiger partial charge on any atom is -0.349 e. The molecule has 0 aromatic carbocycles. The first-order valence-corrected chi connectivity index (χ1v) is 8.08. The van der Waals surface area contributed by atoms with Crippen LogP contribution in [0.2, 0.25) is 0 Å². The Morgan fingerprint density at radius 3 is 2.71 bits per heavy atom. The van der Waals surface area contributed by atoms with Crippen LogP contribution >= 0.6 is 0 Å². The quantitative estimate of drug-likeness (QED) is 0.832. The molecule has 1 atom stereocenters. The third kappa shape index (κ3) is 4.21. The third-order valence-corrected chi connectivity index (χ3v) is 4.28. The zero-order chi connectivity index (χ0) is 17.2. The van der Waals surface area contributed by atoms with E-state index in [0.29, 0.717) is 32.0 Å². The van der Waals surface area contributed by atoms with Gasteiger partial charge in [0.05, 0.1) is 0 Å². The van der Waals surface area contributed by atoms with Gasteiger partial charge in [-0.2, -0.15) is 13.2 Å². The number of halogens is 3. The standard InChI is InChI=1S/C15H20F3N5O/c16-15(17,18)12(23-7-5-19-6-8-23)9-21-14(24)11-3-4-20-13(22-11)10-1-2-10/h3-4,10,12,19H,1-2,5-9H2,(H,21,24). The Kier molecular flexibility index (Phi) is 5.00. The second kappa shape index (κ2) is 7.02. The lowest BCUT2D eigenvalue weighted by atomic mass is 10.2. The molecule has 1 unspecified atom stereocenters. The molecule has 1 amide bonds. The Labute approximate surface area is 137 Å². The topological polar surface area (TPSA) is 70.2 Å². The van der Waals surface area contributed by atoms with E-state index in [1.807, 2.05) is 0 Å². The average Bonchev–Trinajstić information content (AvgIpc) is 3.40. The fraction of sp³-hybridized carbons (Fsp3) is 0.667. The van der Waals surface area contributed by atoms with Gasteiger partial charge in [0.2, 0.25) is 0 Å². The van der Waals surface area contributed by atoms with E-state index in [1.165, 1.54) is 17.2 Å². The van der Waals surface area contributed by atoms with Gasteiger partial charge in [-0.1, -0.05) is 0 Å². The lowest BCUT2D eigenvalue weighted by Crippen LogP contribution is -2.57. The van der Waals surface area contributed by atoms with Gasteiger partial charge in [0.25, 0.3) is 5.91 Å². The molecule has 0 bridgehead atoms. The van der Waals surface area contributed by atoms with Crippen LogP contribution in [-0.4, -0.2) is 65.7 Å². The summed E-state index contributed by atoms with van der Waals surface area (Å²) in [5.74, 6) is 0.280. The van der Waals surface area contributed by atoms with E-state index >= 15 is 0 Å². The van der Waals surface area contributed by atoms with Crippen molar-refractivity contribution in [2.75, 3.05) is 32.7 Å². The number of hydrogen-bond donors (Lipinski definition) is 2. The molecule has 132 valence electrons. The minimum absolute atomic E-state index is 0.119. The largest absolute Gasteiger partial charge is 0.405 e. The molecule has 0 radical (unpaired) electrons. The first-order chi connectivity index (χ1) is 11.4. The monoisotopic (exact) mass is 343 g/mol. The van der Waals surface area contributed by atoms with E-state index in [0.717, 1.165) is 12.8 Å². The van der Waals surface area contributed by atoms with Crippen molar-refractivity contribution in [3.63, 3.8) is 0 Å². The van der Waals surface area contributed by atoms with E-state index < -0.39 is 24.7 Å². The summed E-state index contributed by atoms with van der Waals surface area (Å²) in [4.78, 5) is 21.8. The summed E-state index contributed by atoms with van der Waals surface area (Å²) in [5, 5.41) is 5.40. The Hall–Kier alpha value is -1.74. The predicted molar refractivity (Wildman–Crippen MR) is 80.6 cm³/mol. The van der Waals surface area contributed by atoms with Gasteiger partial charge in [0, 0.05) is 44.8 Å². The number of nitrogens with one attached hydrogen (secondary N) is 2. The number of rotatable bonds is 5. The second-order valence-electron chi connectivity index (χ2n) is 6.13. The molecule has 1 saturated carbocycles. The number of aromatic nitrogens is 2. The number of carbonyl (C=O) groups excluding carboxylic acids is 1. The summed E-state index contributed by atoms with van der Waals surface area (Å²) in [6.45, 7) is 1.15. The molecule has 1 aromatic rings. The van der Waals surface area contributed by atoms with Gasteiger partial charge in [0.15, 0.2) is 0 Å². The minimum atomic E-state index is -4.39. The molecule has 2 N–H and O–H groups in total. The van der Waals surface area contributed by atoms with E-state index in [9.17, 15) is 18.0 Å². The highest BCUT2D eigenvalue weighted by atomic mass is 19.4. The number of carbonyl (C=O) groups is 1. The highest BCUT2D eigenvalue weighted by Gasteiger charge is 2.43. The van der Waals surface area contributed by atoms with Gasteiger partial charge in [-0.15, -0.1) is 0 Å². The number of nitrogens with zero attached hydrogens (tertiary/aromatic N) is 3. The average molecular weight is 343 g/mol. The summed E-state index contributed by atoms with van der Waals surface area (Å²) in [5.41, 5.74) is 0.119. The molecule has 9 heteroatoms. The molecule has 3 rings (SSSR count). The maximum absolute atomic E-state index is 13.3. The highest BCUT2D eigenvalue weighted by Crippen LogP contribution is 2.37. The van der Waals surface area contributed by atoms with Crippen LogP contribution in [-0.2, 0) is 0 Å². The molecule has 1 saturated heterocycles. The van der Waals surface area contributed by atoms with Crippen LogP contribution in [0.15, 0.2) is 12.3 Å². The zero-order valence-corrected chi connectivity index (χ0v) is 13.1. The first-order valence-electron chi connectivity index (χ1n) is 8.08. The van der Waals surface area contributed by atoms with Crippen molar-refractivity contribution >= 4 is 5.91 Å². The van der Waals surface area contributed by atoms with Crippen LogP contribution in [0.5, 0.6) is 0 Å². The van der Waals surface area contributed by atoms with Crippen molar-refractivity contribution in [2.45, 2.75) is 31.0 Å². The van der Waals surface area contributed by atoms with Crippen molar-refractivity contribution in [3.8, 4) is 0 Å². The van der Waals surface area contributed by atoms with Crippen LogP contribution in [0.3, 0.4) is 0 Å². The summed E-state index contributed by atoms with van der Waals surface area (Å²) < 4.78 is 39.9. The van der Waals surface area contributed by atoms with Gasteiger partial charge in [-0.25, -0.2) is 9.97 Å². The summed E-state index contributed by atoms with van der Waals surface area (Å²) in [6.07, 6.45) is -0.934. The highest BCUT2D eigenvalue weighted by molar-refractivity contribution is 5.92. The van der Waals surface area contributed by atoms with Crippen LogP contribution < -0.4 is 10.6 Å². The number of alkyl halides is 3. The van der Waals surface area contributed by atoms with Crippen molar-refractivity contribution in [2.24, 2.45) is 0 Å². The number of hydrogen-bond acceptors (Lipinski definition) is 5. The maximum atomic E-state index is 13.3. The van der Waals surface area contributed by atoms with Crippen LogP contribution in [0, 0.1) is 0 Å². The van der Waals surface area contributed by atoms with Gasteiger partial charge in [0.1, 0.15) is 17.6 Å². The van der Waals surface area contributed by atoms with Gasteiger partial charge >= 0.3 is 6.18 Å². The van der Waals surface area contributed by atoms with E-state index in [-0.39, 0.29) is 11.6 Å². The molecule has 1 aliphatic heterocycles. The summed E-state index contributed by atoms with van der Waals surface area (Å²) >= 11 is 0. The lowest BCUT2D eigenvalue weighted by molar-refractivity contribution is -0.183. The number of piperazine rings is 1. The van der Waals surface area contributed by atoms with Crippen molar-refractivity contribution in [3.05, 3.63) is 23.8 Å². The molecule has 24 heavy (non-hydrogen) atoms. The van der Waals surface area contributed by atoms with Crippen molar-refractivity contribution in [1.29, 1.82) is 0 Å². The molecular weight excluding hydrogens is 323 g/mol. The molecule has 2 heterocycles. The molecule has 0 spiro atoms. The SMILES string of the molecule is O=C(NCC(N1CCNCC1)C(F)(F)F)c1ccnc(C2CC2)n1. The molecule has 2 fully saturated rings. The second-order valence-corrected chi connectivity index (χ2v) is 6.13. The number of amides is 1. The molecule has 1 aromatic heterocycles. The third-order valence-electron chi connectivity index (χ3n) is 4.28. The van der Waals surface area contributed by atoms with Gasteiger partial charge in [-0.3, -0.25) is 9.69 Å². The van der Waals surface area contributed by atoms with Gasteiger partial charge < -0.3 is 10.6 Å². The van der Waals surface area contributed by atoms with Crippen molar-refractivity contribution in [1.82, 2.24) is 25.5 Å². The fourth-order valence-electron chi connectivity index (χ4n) is 2.76. The van der Waals surface area contributed by atoms with Crippen LogP contribution in [0.25, 0.3) is 0 Å². The van der Waals surface area contributed by atoms with E-state index in [2.05, 4.69) is 20.6 Å². The Balaban J connectivity index is 1.63. The van der Waals surface area contributed by atoms with Crippen molar-refractivity contribution < 1.29 is 18.0 Å². The zero-order valence-electron chi connectivity index (χ0n) is 13.1. The first kappa shape index (κ1) is 17.1. The normalized spacial score (nSPS) is 20.6. The smallest absolute Gasteiger partial charge is 0.349 e. The maximum Gasteiger partial charge on any atom is 0.405 e. The predicted octanol–water partition coefficient (Wildman–Crippen LogP) is 0.920. The Bertz CT molecular complexity index is 585. The molecule has 6 nitrogen and oxygen atoms in total.